The number of ether oxygens (including phenoxy) is 3. The maximum absolute atomic E-state index is 13.3. The van der Waals surface area contributed by atoms with Gasteiger partial charge in [-0.15, -0.1) is 0 Å². The number of carbonyl (C=O) groups is 1. The largest absolute Gasteiger partial charge is 0.497 e. The Kier molecular flexibility index (Phi) is 6.44. The molecule has 0 aliphatic carbocycles. The highest BCUT2D eigenvalue weighted by molar-refractivity contribution is 5.95. The zero-order chi connectivity index (χ0) is 20.1. The molecule has 154 valence electrons. The molecule has 2 aromatic rings. The molecule has 2 saturated heterocycles. The Balaban J connectivity index is 1.47. The third kappa shape index (κ3) is 4.78. The molecule has 0 aromatic heterocycles. The zero-order valence-corrected chi connectivity index (χ0v) is 16.8. The van der Waals surface area contributed by atoms with Crippen LogP contribution in [0.5, 0.6) is 5.75 Å². The first-order valence-corrected chi connectivity index (χ1v) is 10.2. The van der Waals surface area contributed by atoms with Crippen molar-refractivity contribution in [1.82, 2.24) is 4.90 Å². The molecule has 4 rings (SSSR count). The van der Waals surface area contributed by atoms with Crippen LogP contribution in [0.4, 0.5) is 5.69 Å². The molecule has 6 nitrogen and oxygen atoms in total. The molecule has 1 N–H and O–H groups in total. The predicted molar refractivity (Wildman–Crippen MR) is 111 cm³/mol. The summed E-state index contributed by atoms with van der Waals surface area (Å²) < 4.78 is 16.6. The Hall–Kier alpha value is -2.41. The minimum Gasteiger partial charge on any atom is -0.497 e. The van der Waals surface area contributed by atoms with E-state index in [1.165, 1.54) is 0 Å². The molecule has 1 amide bonds. The molecule has 0 radical (unpaired) electrons. The highest BCUT2D eigenvalue weighted by atomic mass is 16.7. The summed E-state index contributed by atoms with van der Waals surface area (Å²) in [5.41, 5.74) is 1.77. The van der Waals surface area contributed by atoms with Gasteiger partial charge in [0.15, 0.2) is 6.29 Å². The van der Waals surface area contributed by atoms with Crippen LogP contribution < -0.4 is 10.1 Å². The van der Waals surface area contributed by atoms with Gasteiger partial charge < -0.3 is 19.5 Å². The fraction of sp³-hybridized carbons (Fsp3) is 0.435. The third-order valence-corrected chi connectivity index (χ3v) is 5.69. The van der Waals surface area contributed by atoms with Crippen LogP contribution in [0.3, 0.4) is 0 Å². The first kappa shape index (κ1) is 19.9. The van der Waals surface area contributed by atoms with Crippen LogP contribution in [0.25, 0.3) is 0 Å². The number of anilines is 1. The third-order valence-electron chi connectivity index (χ3n) is 5.69. The number of nitrogens with one attached hydrogen (secondary N) is 1. The van der Waals surface area contributed by atoms with Crippen molar-refractivity contribution in [3.63, 3.8) is 0 Å². The molecule has 29 heavy (non-hydrogen) atoms. The molecule has 0 spiro atoms. The highest BCUT2D eigenvalue weighted by Gasteiger charge is 2.35. The van der Waals surface area contributed by atoms with Crippen LogP contribution >= 0.6 is 0 Å². The van der Waals surface area contributed by atoms with E-state index in [1.807, 2.05) is 54.6 Å². The van der Waals surface area contributed by atoms with E-state index < -0.39 is 0 Å². The lowest BCUT2D eigenvalue weighted by molar-refractivity contribution is -0.124. The first-order valence-electron chi connectivity index (χ1n) is 10.2. The summed E-state index contributed by atoms with van der Waals surface area (Å²) in [6.45, 7) is 3.04. The Morgan fingerprint density at radius 3 is 2.31 bits per heavy atom. The smallest absolute Gasteiger partial charge is 0.246 e. The summed E-state index contributed by atoms with van der Waals surface area (Å²) in [5, 5.41) is 3.07. The number of hydrogen-bond donors (Lipinski definition) is 1. The van der Waals surface area contributed by atoms with E-state index in [9.17, 15) is 4.79 Å². The van der Waals surface area contributed by atoms with Gasteiger partial charge in [0.05, 0.1) is 20.3 Å². The molecular formula is C23H28N2O4. The number of likely N-dealkylation sites (tertiary alicyclic amines) is 1. The predicted octanol–water partition coefficient (Wildman–Crippen LogP) is 3.46. The average molecular weight is 396 g/mol. The maximum Gasteiger partial charge on any atom is 0.246 e. The number of rotatable bonds is 6. The minimum absolute atomic E-state index is 0.0202. The van der Waals surface area contributed by atoms with Crippen LogP contribution in [0.15, 0.2) is 54.6 Å². The SMILES string of the molecule is COc1ccc(NC(=O)C(c2ccccc2)N2CCC(C3OCCO3)CC2)cc1. The van der Waals surface area contributed by atoms with Crippen molar-refractivity contribution in [2.24, 2.45) is 5.92 Å². The molecule has 2 aromatic carbocycles. The van der Waals surface area contributed by atoms with Gasteiger partial charge in [-0.05, 0) is 55.8 Å². The van der Waals surface area contributed by atoms with Crippen LogP contribution in [0.1, 0.15) is 24.4 Å². The molecule has 2 heterocycles. The topological polar surface area (TPSA) is 60.0 Å². The minimum atomic E-state index is -0.329. The van der Waals surface area contributed by atoms with Gasteiger partial charge in [-0.1, -0.05) is 30.3 Å². The summed E-state index contributed by atoms with van der Waals surface area (Å²) in [6, 6.07) is 17.1. The van der Waals surface area contributed by atoms with E-state index >= 15 is 0 Å². The first-order chi connectivity index (χ1) is 14.2. The summed E-state index contributed by atoms with van der Waals surface area (Å²) in [5.74, 6) is 1.14. The standard InChI is InChI=1S/C23H28N2O4/c1-27-20-9-7-19(8-10-20)24-22(26)21(17-5-3-2-4-6-17)25-13-11-18(12-14-25)23-28-15-16-29-23/h2-10,18,21,23H,11-16H2,1H3,(H,24,26). The van der Waals surface area contributed by atoms with E-state index in [2.05, 4.69) is 10.2 Å². The second-order valence-corrected chi connectivity index (χ2v) is 7.51. The zero-order valence-electron chi connectivity index (χ0n) is 16.8. The van der Waals surface area contributed by atoms with Crippen molar-refractivity contribution in [3.05, 3.63) is 60.2 Å². The maximum atomic E-state index is 13.3. The van der Waals surface area contributed by atoms with Crippen molar-refractivity contribution in [3.8, 4) is 5.75 Å². The van der Waals surface area contributed by atoms with Gasteiger partial charge in [-0.2, -0.15) is 0 Å². The van der Waals surface area contributed by atoms with Gasteiger partial charge in [0.2, 0.25) is 5.91 Å². The van der Waals surface area contributed by atoms with Gasteiger partial charge in [0.1, 0.15) is 11.8 Å². The lowest BCUT2D eigenvalue weighted by Gasteiger charge is -2.38. The Labute approximate surface area is 171 Å². The van der Waals surface area contributed by atoms with Crippen LogP contribution in [0, 0.1) is 5.92 Å². The molecule has 2 aliphatic heterocycles. The summed E-state index contributed by atoms with van der Waals surface area (Å²) in [7, 11) is 1.63. The fourth-order valence-electron chi connectivity index (χ4n) is 4.15. The molecule has 1 atom stereocenters. The van der Waals surface area contributed by atoms with Crippen molar-refractivity contribution in [2.45, 2.75) is 25.2 Å². The average Bonchev–Trinajstić information content (AvgIpc) is 3.31. The van der Waals surface area contributed by atoms with Gasteiger partial charge in [0, 0.05) is 11.6 Å². The number of methoxy groups -OCH3 is 1. The number of hydrogen-bond acceptors (Lipinski definition) is 5. The molecule has 0 bridgehead atoms. The molecule has 2 aliphatic rings. The monoisotopic (exact) mass is 396 g/mol. The quantitative estimate of drug-likeness (QED) is 0.810. The highest BCUT2D eigenvalue weighted by Crippen LogP contribution is 2.31. The number of piperidine rings is 1. The molecule has 6 heteroatoms. The van der Waals surface area contributed by atoms with E-state index in [0.29, 0.717) is 19.1 Å². The molecule has 0 saturated carbocycles. The van der Waals surface area contributed by atoms with Crippen molar-refractivity contribution >= 4 is 11.6 Å². The number of amides is 1. The number of nitrogens with zero attached hydrogens (tertiary/aromatic N) is 1. The second-order valence-electron chi connectivity index (χ2n) is 7.51. The molecule has 1 unspecified atom stereocenters. The second kappa shape index (κ2) is 9.39. The molecular weight excluding hydrogens is 368 g/mol. The van der Waals surface area contributed by atoms with Gasteiger partial charge >= 0.3 is 0 Å². The van der Waals surface area contributed by atoms with Gasteiger partial charge in [0.25, 0.3) is 0 Å². The summed E-state index contributed by atoms with van der Waals surface area (Å²) in [6.07, 6.45) is 1.84. The number of benzene rings is 2. The lowest BCUT2D eigenvalue weighted by Crippen LogP contribution is -2.44. The van der Waals surface area contributed by atoms with Crippen LogP contribution in [-0.2, 0) is 14.3 Å². The van der Waals surface area contributed by atoms with Crippen LogP contribution in [-0.4, -0.2) is 50.5 Å². The number of carbonyl (C=O) groups excluding carboxylic acids is 1. The van der Waals surface area contributed by atoms with Crippen LogP contribution in [0.2, 0.25) is 0 Å². The van der Waals surface area contributed by atoms with Crippen molar-refractivity contribution < 1.29 is 19.0 Å². The fourth-order valence-corrected chi connectivity index (χ4v) is 4.15. The molecule has 2 fully saturated rings. The lowest BCUT2D eigenvalue weighted by atomic mass is 9.93. The van der Waals surface area contributed by atoms with Gasteiger partial charge in [-0.25, -0.2) is 0 Å². The van der Waals surface area contributed by atoms with E-state index in [1.54, 1.807) is 7.11 Å². The summed E-state index contributed by atoms with van der Waals surface area (Å²) >= 11 is 0. The summed E-state index contributed by atoms with van der Waals surface area (Å²) in [4.78, 5) is 15.5. The van der Waals surface area contributed by atoms with Gasteiger partial charge in [-0.3, -0.25) is 9.69 Å². The Morgan fingerprint density at radius 1 is 1.03 bits per heavy atom. The Morgan fingerprint density at radius 2 is 1.69 bits per heavy atom. The van der Waals surface area contributed by atoms with Crippen molar-refractivity contribution in [2.75, 3.05) is 38.7 Å². The Bertz CT molecular complexity index is 782. The van der Waals surface area contributed by atoms with E-state index in [-0.39, 0.29) is 18.2 Å². The normalized spacial score (nSPS) is 19.8. The van der Waals surface area contributed by atoms with E-state index in [4.69, 9.17) is 14.2 Å². The van der Waals surface area contributed by atoms with Crippen molar-refractivity contribution in [1.29, 1.82) is 0 Å². The van der Waals surface area contributed by atoms with E-state index in [0.717, 1.165) is 42.9 Å².